The number of hydrogen-bond donors (Lipinski definition) is 1. The standard InChI is InChI=1S/C16H21NO/c1-4-7-15(6-3)17-13-14-8-10-16(11-9-14)18-12-5-2/h3,5,8-11,15,17H,2,4,7,12-13H2,1H3. The third-order valence-electron chi connectivity index (χ3n) is 2.62. The van der Waals surface area contributed by atoms with Gasteiger partial charge in [0.15, 0.2) is 0 Å². The summed E-state index contributed by atoms with van der Waals surface area (Å²) in [6.07, 6.45) is 9.30. The Hall–Kier alpha value is -1.72. The van der Waals surface area contributed by atoms with Crippen molar-refractivity contribution in [1.82, 2.24) is 5.32 Å². The van der Waals surface area contributed by atoms with E-state index in [1.165, 1.54) is 5.56 Å². The Morgan fingerprint density at radius 2 is 2.17 bits per heavy atom. The summed E-state index contributed by atoms with van der Waals surface area (Å²) in [4.78, 5) is 0. The van der Waals surface area contributed by atoms with Crippen molar-refractivity contribution < 1.29 is 4.74 Å². The van der Waals surface area contributed by atoms with Crippen LogP contribution >= 0.6 is 0 Å². The highest BCUT2D eigenvalue weighted by molar-refractivity contribution is 5.27. The van der Waals surface area contributed by atoms with Gasteiger partial charge in [0.2, 0.25) is 0 Å². The van der Waals surface area contributed by atoms with E-state index in [2.05, 4.69) is 24.7 Å². The number of hydrogen-bond acceptors (Lipinski definition) is 2. The smallest absolute Gasteiger partial charge is 0.119 e. The van der Waals surface area contributed by atoms with Crippen molar-refractivity contribution in [3.8, 4) is 18.1 Å². The maximum Gasteiger partial charge on any atom is 0.119 e. The molecule has 1 unspecified atom stereocenters. The van der Waals surface area contributed by atoms with Crippen LogP contribution in [0.3, 0.4) is 0 Å². The predicted molar refractivity (Wildman–Crippen MR) is 76.5 cm³/mol. The summed E-state index contributed by atoms with van der Waals surface area (Å²) < 4.78 is 5.42. The molecule has 1 atom stereocenters. The molecule has 18 heavy (non-hydrogen) atoms. The zero-order valence-electron chi connectivity index (χ0n) is 11.0. The molecular formula is C16H21NO. The van der Waals surface area contributed by atoms with Crippen molar-refractivity contribution in [2.24, 2.45) is 0 Å². The van der Waals surface area contributed by atoms with Gasteiger partial charge in [-0.2, -0.15) is 0 Å². The molecule has 1 N–H and O–H groups in total. The molecule has 0 aliphatic carbocycles. The molecular weight excluding hydrogens is 222 g/mol. The average Bonchev–Trinajstić information content (AvgIpc) is 2.42. The maximum atomic E-state index is 5.46. The molecule has 0 aromatic heterocycles. The lowest BCUT2D eigenvalue weighted by Crippen LogP contribution is -2.26. The van der Waals surface area contributed by atoms with Crippen LogP contribution in [0.2, 0.25) is 0 Å². The van der Waals surface area contributed by atoms with Gasteiger partial charge in [0, 0.05) is 6.54 Å². The number of rotatable bonds is 8. The first-order valence-electron chi connectivity index (χ1n) is 6.32. The second kappa shape index (κ2) is 8.38. The SMILES string of the molecule is C#CC(CCC)NCc1ccc(OCC=C)cc1. The Labute approximate surface area is 110 Å². The van der Waals surface area contributed by atoms with E-state index in [-0.39, 0.29) is 6.04 Å². The van der Waals surface area contributed by atoms with Crippen LogP contribution in [-0.4, -0.2) is 12.6 Å². The molecule has 0 bridgehead atoms. The third-order valence-corrected chi connectivity index (χ3v) is 2.62. The van der Waals surface area contributed by atoms with Gasteiger partial charge >= 0.3 is 0 Å². The predicted octanol–water partition coefficient (Wildman–Crippen LogP) is 3.14. The molecule has 0 fully saturated rings. The highest BCUT2D eigenvalue weighted by Gasteiger charge is 2.02. The summed E-state index contributed by atoms with van der Waals surface area (Å²) in [5, 5.41) is 3.36. The van der Waals surface area contributed by atoms with Crippen LogP contribution in [-0.2, 0) is 6.54 Å². The molecule has 96 valence electrons. The summed E-state index contributed by atoms with van der Waals surface area (Å²) in [5.41, 5.74) is 1.21. The Bertz CT molecular complexity index is 389. The van der Waals surface area contributed by atoms with Crippen LogP contribution in [0.15, 0.2) is 36.9 Å². The fourth-order valence-corrected chi connectivity index (χ4v) is 1.63. The molecule has 1 aromatic carbocycles. The summed E-state index contributed by atoms with van der Waals surface area (Å²) in [6, 6.07) is 8.18. The van der Waals surface area contributed by atoms with Crippen LogP contribution in [0, 0.1) is 12.3 Å². The Balaban J connectivity index is 2.43. The van der Waals surface area contributed by atoms with Crippen LogP contribution < -0.4 is 10.1 Å². The van der Waals surface area contributed by atoms with Crippen LogP contribution in [0.4, 0.5) is 0 Å². The monoisotopic (exact) mass is 243 g/mol. The minimum absolute atomic E-state index is 0.159. The highest BCUT2D eigenvalue weighted by atomic mass is 16.5. The first-order valence-corrected chi connectivity index (χ1v) is 6.32. The molecule has 0 saturated heterocycles. The van der Waals surface area contributed by atoms with Crippen LogP contribution in [0.25, 0.3) is 0 Å². The molecule has 0 heterocycles. The largest absolute Gasteiger partial charge is 0.490 e. The van der Waals surface area contributed by atoms with Gasteiger partial charge in [-0.1, -0.05) is 44.1 Å². The van der Waals surface area contributed by atoms with E-state index in [1.54, 1.807) is 6.08 Å². The van der Waals surface area contributed by atoms with Crippen LogP contribution in [0.1, 0.15) is 25.3 Å². The van der Waals surface area contributed by atoms with E-state index in [9.17, 15) is 0 Å². The Morgan fingerprint density at radius 1 is 1.44 bits per heavy atom. The molecule has 1 rings (SSSR count). The van der Waals surface area contributed by atoms with Gasteiger partial charge in [0.25, 0.3) is 0 Å². The third kappa shape index (κ3) is 5.07. The summed E-state index contributed by atoms with van der Waals surface area (Å²) >= 11 is 0. The van der Waals surface area contributed by atoms with Gasteiger partial charge in [-0.25, -0.2) is 0 Å². The fraction of sp³-hybridized carbons (Fsp3) is 0.375. The van der Waals surface area contributed by atoms with E-state index in [0.717, 1.165) is 25.1 Å². The molecule has 0 amide bonds. The molecule has 2 nitrogen and oxygen atoms in total. The van der Waals surface area contributed by atoms with Gasteiger partial charge in [-0.3, -0.25) is 5.32 Å². The molecule has 2 heteroatoms. The normalized spacial score (nSPS) is 11.6. The zero-order chi connectivity index (χ0) is 13.2. The molecule has 0 saturated carbocycles. The minimum Gasteiger partial charge on any atom is -0.490 e. The van der Waals surface area contributed by atoms with Gasteiger partial charge in [-0.15, -0.1) is 6.42 Å². The summed E-state index contributed by atoms with van der Waals surface area (Å²) in [6.45, 7) is 7.08. The van der Waals surface area contributed by atoms with Crippen molar-refractivity contribution in [1.29, 1.82) is 0 Å². The number of benzene rings is 1. The quantitative estimate of drug-likeness (QED) is 0.559. The van der Waals surface area contributed by atoms with E-state index in [4.69, 9.17) is 11.2 Å². The maximum absolute atomic E-state index is 5.46. The van der Waals surface area contributed by atoms with Gasteiger partial charge in [0.1, 0.15) is 12.4 Å². The lowest BCUT2D eigenvalue weighted by atomic mass is 10.1. The second-order valence-corrected chi connectivity index (χ2v) is 4.13. The Morgan fingerprint density at radius 3 is 2.72 bits per heavy atom. The number of terminal acetylenes is 1. The Kier molecular flexibility index (Phi) is 6.68. The molecule has 0 aliphatic rings. The van der Waals surface area contributed by atoms with Crippen molar-refractivity contribution >= 4 is 0 Å². The van der Waals surface area contributed by atoms with Crippen molar-refractivity contribution in [3.05, 3.63) is 42.5 Å². The minimum atomic E-state index is 0.159. The molecule has 0 aliphatic heterocycles. The fourth-order valence-electron chi connectivity index (χ4n) is 1.63. The first-order chi connectivity index (χ1) is 8.80. The molecule has 0 radical (unpaired) electrons. The van der Waals surface area contributed by atoms with E-state index < -0.39 is 0 Å². The lowest BCUT2D eigenvalue weighted by Gasteiger charge is -2.12. The topological polar surface area (TPSA) is 21.3 Å². The number of nitrogens with one attached hydrogen (secondary N) is 1. The number of ether oxygens (including phenoxy) is 1. The van der Waals surface area contributed by atoms with Gasteiger partial charge in [0.05, 0.1) is 6.04 Å². The van der Waals surface area contributed by atoms with E-state index in [0.29, 0.717) is 6.61 Å². The van der Waals surface area contributed by atoms with Crippen molar-refractivity contribution in [3.63, 3.8) is 0 Å². The average molecular weight is 243 g/mol. The summed E-state index contributed by atoms with van der Waals surface area (Å²) in [5.74, 6) is 3.63. The zero-order valence-corrected chi connectivity index (χ0v) is 11.0. The highest BCUT2D eigenvalue weighted by Crippen LogP contribution is 2.12. The van der Waals surface area contributed by atoms with Crippen molar-refractivity contribution in [2.75, 3.05) is 6.61 Å². The van der Waals surface area contributed by atoms with E-state index >= 15 is 0 Å². The van der Waals surface area contributed by atoms with Crippen molar-refractivity contribution in [2.45, 2.75) is 32.4 Å². The summed E-state index contributed by atoms with van der Waals surface area (Å²) in [7, 11) is 0. The van der Waals surface area contributed by atoms with Gasteiger partial charge < -0.3 is 4.74 Å². The first kappa shape index (κ1) is 14.3. The second-order valence-electron chi connectivity index (χ2n) is 4.13. The molecule has 0 spiro atoms. The van der Waals surface area contributed by atoms with Crippen LogP contribution in [0.5, 0.6) is 5.75 Å². The van der Waals surface area contributed by atoms with E-state index in [1.807, 2.05) is 24.3 Å². The van der Waals surface area contributed by atoms with Gasteiger partial charge in [-0.05, 0) is 24.1 Å². The lowest BCUT2D eigenvalue weighted by molar-refractivity contribution is 0.363. The molecule has 1 aromatic rings.